The van der Waals surface area contributed by atoms with E-state index in [1.165, 1.54) is 11.3 Å². The summed E-state index contributed by atoms with van der Waals surface area (Å²) in [5, 5.41) is 10.2. The maximum absolute atomic E-state index is 12.2. The van der Waals surface area contributed by atoms with Gasteiger partial charge in [0.05, 0.1) is 15.9 Å². The number of nitrogens with zero attached hydrogens (tertiary/aromatic N) is 4. The molecule has 0 saturated heterocycles. The zero-order chi connectivity index (χ0) is 13.4. The number of halogens is 1. The van der Waals surface area contributed by atoms with Crippen molar-refractivity contribution in [1.82, 2.24) is 19.7 Å². The molecule has 19 heavy (non-hydrogen) atoms. The van der Waals surface area contributed by atoms with E-state index in [0.29, 0.717) is 12.1 Å². The summed E-state index contributed by atoms with van der Waals surface area (Å²) in [7, 11) is 1.80. The van der Waals surface area contributed by atoms with E-state index in [1.807, 2.05) is 11.4 Å². The first-order valence-electron chi connectivity index (χ1n) is 6.05. The van der Waals surface area contributed by atoms with Gasteiger partial charge in [-0.3, -0.25) is 4.79 Å². The van der Waals surface area contributed by atoms with Crippen LogP contribution < -0.4 is 0 Å². The third-order valence-corrected chi connectivity index (χ3v) is 4.73. The molecule has 7 heteroatoms. The second-order valence-electron chi connectivity index (χ2n) is 4.59. The summed E-state index contributed by atoms with van der Waals surface area (Å²) in [6, 6.07) is 1.84. The van der Waals surface area contributed by atoms with Crippen LogP contribution in [0.2, 0.25) is 0 Å². The summed E-state index contributed by atoms with van der Waals surface area (Å²) in [6.07, 6.45) is 2.11. The Hall–Kier alpha value is -1.21. The van der Waals surface area contributed by atoms with Crippen LogP contribution in [0.3, 0.4) is 0 Å². The molecule has 100 valence electrons. The summed E-state index contributed by atoms with van der Waals surface area (Å²) in [5.41, 5.74) is 0.709. The normalized spacial score (nSPS) is 13.6. The van der Waals surface area contributed by atoms with E-state index in [-0.39, 0.29) is 5.91 Å². The minimum Gasteiger partial charge on any atom is -0.334 e. The minimum absolute atomic E-state index is 0.0114. The number of hydrogen-bond acceptors (Lipinski definition) is 4. The van der Waals surface area contributed by atoms with Crippen LogP contribution in [0, 0.1) is 0 Å². The fourth-order valence-corrected chi connectivity index (χ4v) is 3.38. The molecule has 1 aliphatic rings. The molecule has 3 heterocycles. The number of rotatable bonds is 3. The lowest BCUT2D eigenvalue weighted by Crippen LogP contribution is -2.27. The number of thiophene rings is 1. The average molecular weight is 341 g/mol. The van der Waals surface area contributed by atoms with Gasteiger partial charge in [0.1, 0.15) is 5.82 Å². The number of aryl methyl sites for hydroxylation is 1. The van der Waals surface area contributed by atoms with Gasteiger partial charge in [-0.05, 0) is 28.4 Å². The van der Waals surface area contributed by atoms with Crippen molar-refractivity contribution in [2.24, 2.45) is 0 Å². The van der Waals surface area contributed by atoms with E-state index in [9.17, 15) is 4.79 Å². The number of amides is 1. The van der Waals surface area contributed by atoms with Crippen molar-refractivity contribution in [3.8, 4) is 0 Å². The molecule has 2 aromatic rings. The molecule has 0 aliphatic carbocycles. The SMILES string of the molecule is CN(Cc1nnc2n1CCC2)C(=O)c1csc(Br)c1. The van der Waals surface area contributed by atoms with Crippen molar-refractivity contribution in [1.29, 1.82) is 0 Å². The van der Waals surface area contributed by atoms with E-state index < -0.39 is 0 Å². The molecule has 0 N–H and O–H groups in total. The van der Waals surface area contributed by atoms with Gasteiger partial charge in [-0.15, -0.1) is 21.5 Å². The van der Waals surface area contributed by atoms with Gasteiger partial charge in [0.15, 0.2) is 5.82 Å². The predicted molar refractivity (Wildman–Crippen MR) is 76.2 cm³/mol. The highest BCUT2D eigenvalue weighted by atomic mass is 79.9. The molecular weight excluding hydrogens is 328 g/mol. The molecule has 0 bridgehead atoms. The Morgan fingerprint density at radius 2 is 2.42 bits per heavy atom. The maximum Gasteiger partial charge on any atom is 0.254 e. The van der Waals surface area contributed by atoms with Crippen LogP contribution in [0.1, 0.15) is 28.4 Å². The lowest BCUT2D eigenvalue weighted by Gasteiger charge is -2.16. The third-order valence-electron chi connectivity index (χ3n) is 3.23. The van der Waals surface area contributed by atoms with Crippen LogP contribution in [0.25, 0.3) is 0 Å². The van der Waals surface area contributed by atoms with E-state index in [4.69, 9.17) is 0 Å². The Morgan fingerprint density at radius 3 is 3.16 bits per heavy atom. The number of carbonyl (C=O) groups excluding carboxylic acids is 1. The van der Waals surface area contributed by atoms with Crippen LogP contribution in [0.5, 0.6) is 0 Å². The van der Waals surface area contributed by atoms with E-state index in [2.05, 4.69) is 30.7 Å². The summed E-state index contributed by atoms with van der Waals surface area (Å²) >= 11 is 4.89. The number of aromatic nitrogens is 3. The Balaban J connectivity index is 1.74. The molecule has 1 aliphatic heterocycles. The van der Waals surface area contributed by atoms with Crippen molar-refractivity contribution in [2.45, 2.75) is 25.9 Å². The highest BCUT2D eigenvalue weighted by Gasteiger charge is 2.20. The number of carbonyl (C=O) groups is 1. The van der Waals surface area contributed by atoms with Gasteiger partial charge in [0.25, 0.3) is 5.91 Å². The highest BCUT2D eigenvalue weighted by Crippen LogP contribution is 2.22. The Kier molecular flexibility index (Phi) is 3.40. The molecule has 0 radical (unpaired) electrons. The monoisotopic (exact) mass is 340 g/mol. The molecule has 0 unspecified atom stereocenters. The fourth-order valence-electron chi connectivity index (χ4n) is 2.25. The molecule has 5 nitrogen and oxygen atoms in total. The number of hydrogen-bond donors (Lipinski definition) is 0. The highest BCUT2D eigenvalue weighted by molar-refractivity contribution is 9.11. The first-order valence-corrected chi connectivity index (χ1v) is 7.73. The molecule has 0 spiro atoms. The van der Waals surface area contributed by atoms with E-state index in [0.717, 1.165) is 34.8 Å². The van der Waals surface area contributed by atoms with Gasteiger partial charge in [-0.2, -0.15) is 0 Å². The van der Waals surface area contributed by atoms with E-state index in [1.54, 1.807) is 11.9 Å². The van der Waals surface area contributed by atoms with Crippen molar-refractivity contribution >= 4 is 33.2 Å². The largest absolute Gasteiger partial charge is 0.334 e. The Labute approximate surface area is 123 Å². The zero-order valence-electron chi connectivity index (χ0n) is 10.5. The molecule has 2 aromatic heterocycles. The summed E-state index contributed by atoms with van der Waals surface area (Å²) in [4.78, 5) is 13.9. The lowest BCUT2D eigenvalue weighted by atomic mass is 10.3. The van der Waals surface area contributed by atoms with Crippen LogP contribution in [-0.4, -0.2) is 32.6 Å². The van der Waals surface area contributed by atoms with Crippen molar-refractivity contribution in [3.63, 3.8) is 0 Å². The standard InChI is InChI=1S/C12H13BrN4OS/c1-16(12(18)8-5-9(13)19-7-8)6-11-15-14-10-3-2-4-17(10)11/h5,7H,2-4,6H2,1H3. The second-order valence-corrected chi connectivity index (χ2v) is 6.88. The van der Waals surface area contributed by atoms with Crippen LogP contribution in [0.15, 0.2) is 15.2 Å². The second kappa shape index (κ2) is 5.05. The molecule has 0 atom stereocenters. The van der Waals surface area contributed by atoms with Crippen molar-refractivity contribution in [2.75, 3.05) is 7.05 Å². The topological polar surface area (TPSA) is 51.0 Å². The quantitative estimate of drug-likeness (QED) is 0.861. The summed E-state index contributed by atoms with van der Waals surface area (Å²) < 4.78 is 3.08. The predicted octanol–water partition coefficient (Wildman–Crippen LogP) is 2.32. The first-order chi connectivity index (χ1) is 9.15. The van der Waals surface area contributed by atoms with Gasteiger partial charge >= 0.3 is 0 Å². The van der Waals surface area contributed by atoms with Gasteiger partial charge in [0.2, 0.25) is 0 Å². The molecule has 0 saturated carbocycles. The van der Waals surface area contributed by atoms with Gasteiger partial charge < -0.3 is 9.47 Å². The number of fused-ring (bicyclic) bond motifs is 1. The van der Waals surface area contributed by atoms with Crippen molar-refractivity contribution < 1.29 is 4.79 Å². The van der Waals surface area contributed by atoms with Gasteiger partial charge in [-0.25, -0.2) is 0 Å². The molecule has 3 rings (SSSR count). The maximum atomic E-state index is 12.2. The Morgan fingerprint density at radius 1 is 1.58 bits per heavy atom. The minimum atomic E-state index is 0.0114. The van der Waals surface area contributed by atoms with Gasteiger partial charge in [-0.1, -0.05) is 0 Å². The first kappa shape index (κ1) is 12.8. The molecule has 0 fully saturated rings. The Bertz CT molecular complexity index is 621. The van der Waals surface area contributed by atoms with Gasteiger partial charge in [0, 0.05) is 25.4 Å². The van der Waals surface area contributed by atoms with Crippen molar-refractivity contribution in [3.05, 3.63) is 32.4 Å². The van der Waals surface area contributed by atoms with Crippen LogP contribution >= 0.6 is 27.3 Å². The summed E-state index contributed by atoms with van der Waals surface area (Å²) in [6.45, 7) is 1.46. The average Bonchev–Trinajstić information content (AvgIpc) is 3.06. The smallest absolute Gasteiger partial charge is 0.254 e. The molecule has 0 aromatic carbocycles. The van der Waals surface area contributed by atoms with E-state index >= 15 is 0 Å². The van der Waals surface area contributed by atoms with Crippen LogP contribution in [-0.2, 0) is 19.5 Å². The van der Waals surface area contributed by atoms with Crippen LogP contribution in [0.4, 0.5) is 0 Å². The molecule has 1 amide bonds. The third kappa shape index (κ3) is 2.44. The zero-order valence-corrected chi connectivity index (χ0v) is 12.9. The lowest BCUT2D eigenvalue weighted by molar-refractivity contribution is 0.0780. The summed E-state index contributed by atoms with van der Waals surface area (Å²) in [5.74, 6) is 1.92. The molecular formula is C12H13BrN4OS. The fraction of sp³-hybridized carbons (Fsp3) is 0.417.